The number of H-pyrrole nitrogens is 1. The summed E-state index contributed by atoms with van der Waals surface area (Å²) in [6, 6.07) is 3.52. The van der Waals surface area contributed by atoms with Gasteiger partial charge in [0.1, 0.15) is 12.4 Å². The number of rotatable bonds is 4. The van der Waals surface area contributed by atoms with Crippen molar-refractivity contribution in [2.75, 3.05) is 26.8 Å². The molecule has 0 radical (unpaired) electrons. The van der Waals surface area contributed by atoms with Gasteiger partial charge >= 0.3 is 0 Å². The summed E-state index contributed by atoms with van der Waals surface area (Å²) in [4.78, 5) is 50.6. The summed E-state index contributed by atoms with van der Waals surface area (Å²) in [5.74, 6) is 0.382. The average Bonchev–Trinajstić information content (AvgIpc) is 3.36. The van der Waals surface area contributed by atoms with Crippen molar-refractivity contribution in [2.24, 2.45) is 0 Å². The van der Waals surface area contributed by atoms with Crippen molar-refractivity contribution in [3.8, 4) is 0 Å². The molecule has 0 bridgehead atoms. The first-order chi connectivity index (χ1) is 14.0. The first kappa shape index (κ1) is 19.8. The maximum absolute atomic E-state index is 12.8. The first-order valence-electron chi connectivity index (χ1n) is 9.74. The molecule has 0 aromatic carbocycles. The predicted octanol–water partition coefficient (Wildman–Crippen LogP) is 1.65. The smallest absolute Gasteiger partial charge is 0.264 e. The number of aromatic nitrogens is 2. The highest BCUT2D eigenvalue weighted by molar-refractivity contribution is 7.13. The second-order valence-electron chi connectivity index (χ2n) is 7.44. The van der Waals surface area contributed by atoms with Crippen LogP contribution in [0.5, 0.6) is 0 Å². The van der Waals surface area contributed by atoms with Gasteiger partial charge in [-0.3, -0.25) is 14.4 Å². The minimum Gasteiger partial charge on any atom is -0.375 e. The monoisotopic (exact) mass is 416 g/mol. The normalized spacial score (nSPS) is 18.8. The van der Waals surface area contributed by atoms with Gasteiger partial charge in [-0.15, -0.1) is 11.3 Å². The molecule has 1 saturated heterocycles. The Morgan fingerprint density at radius 1 is 1.34 bits per heavy atom. The second kappa shape index (κ2) is 8.08. The molecule has 0 saturated carbocycles. The van der Waals surface area contributed by atoms with Gasteiger partial charge < -0.3 is 19.5 Å². The van der Waals surface area contributed by atoms with Gasteiger partial charge in [0.2, 0.25) is 5.91 Å². The van der Waals surface area contributed by atoms with Crippen LogP contribution in [0.4, 0.5) is 0 Å². The predicted molar refractivity (Wildman–Crippen MR) is 108 cm³/mol. The Morgan fingerprint density at radius 3 is 2.90 bits per heavy atom. The lowest BCUT2D eigenvalue weighted by Crippen LogP contribution is -2.40. The molecule has 2 aliphatic heterocycles. The number of hydrogen-bond acceptors (Lipinski definition) is 6. The number of carbonyl (C=O) groups is 2. The van der Waals surface area contributed by atoms with Crippen LogP contribution in [0.25, 0.3) is 0 Å². The Labute approximate surface area is 172 Å². The molecule has 0 spiro atoms. The van der Waals surface area contributed by atoms with E-state index in [1.807, 2.05) is 19.1 Å². The molecule has 1 unspecified atom stereocenters. The minimum absolute atomic E-state index is 0.0188. The van der Waals surface area contributed by atoms with E-state index in [-0.39, 0.29) is 36.6 Å². The van der Waals surface area contributed by atoms with E-state index in [0.717, 1.165) is 23.4 Å². The van der Waals surface area contributed by atoms with Gasteiger partial charge in [0.15, 0.2) is 0 Å². The van der Waals surface area contributed by atoms with E-state index in [9.17, 15) is 14.4 Å². The van der Waals surface area contributed by atoms with Crippen molar-refractivity contribution in [3.05, 3.63) is 49.3 Å². The van der Waals surface area contributed by atoms with Crippen LogP contribution in [0.1, 0.15) is 50.5 Å². The van der Waals surface area contributed by atoms with Crippen molar-refractivity contribution >= 4 is 23.2 Å². The van der Waals surface area contributed by atoms with Crippen LogP contribution in [-0.4, -0.2) is 58.4 Å². The van der Waals surface area contributed by atoms with Crippen LogP contribution in [0.2, 0.25) is 0 Å². The van der Waals surface area contributed by atoms with Gasteiger partial charge in [-0.2, -0.15) is 0 Å². The Morgan fingerprint density at radius 2 is 2.17 bits per heavy atom. The van der Waals surface area contributed by atoms with E-state index >= 15 is 0 Å². The molecular formula is C20H24N4O4S. The second-order valence-corrected chi connectivity index (χ2v) is 8.73. The highest BCUT2D eigenvalue weighted by Crippen LogP contribution is 2.30. The lowest BCUT2D eigenvalue weighted by Gasteiger charge is -2.29. The van der Waals surface area contributed by atoms with Crippen LogP contribution < -0.4 is 5.56 Å². The van der Waals surface area contributed by atoms with Crippen LogP contribution in [0, 0.1) is 6.92 Å². The van der Waals surface area contributed by atoms with E-state index in [1.165, 1.54) is 18.4 Å². The summed E-state index contributed by atoms with van der Waals surface area (Å²) >= 11 is 1.46. The summed E-state index contributed by atoms with van der Waals surface area (Å²) in [6.07, 6.45) is 2.16. The fourth-order valence-electron chi connectivity index (χ4n) is 4.04. The van der Waals surface area contributed by atoms with E-state index in [2.05, 4.69) is 4.98 Å². The van der Waals surface area contributed by atoms with Gasteiger partial charge in [-0.05, 0) is 31.9 Å². The van der Waals surface area contributed by atoms with Crippen LogP contribution >= 0.6 is 11.3 Å². The van der Waals surface area contributed by atoms with Crippen molar-refractivity contribution in [1.82, 2.24) is 19.8 Å². The molecule has 154 valence electrons. The standard InChI is InChI=1S/C20H24N4O4S/c1-12-5-6-16(29-12)20(27)23-9-7-14-13(10-23)19(26)22-18(21-14)15-4-3-8-24(15)17(25)11-28-2/h5-6,15H,3-4,7-11H2,1-2H3,(H,21,22,26). The van der Waals surface area contributed by atoms with Gasteiger partial charge in [-0.25, -0.2) is 4.98 Å². The van der Waals surface area contributed by atoms with Crippen LogP contribution in [0.15, 0.2) is 16.9 Å². The fourth-order valence-corrected chi connectivity index (χ4v) is 4.87. The molecule has 2 aromatic rings. The quantitative estimate of drug-likeness (QED) is 0.818. The number of hydrogen-bond donors (Lipinski definition) is 1. The molecule has 1 fully saturated rings. The Kier molecular flexibility index (Phi) is 5.51. The number of likely N-dealkylation sites (tertiary alicyclic amines) is 1. The summed E-state index contributed by atoms with van der Waals surface area (Å²) in [7, 11) is 1.49. The number of thiophene rings is 1. The fraction of sp³-hybridized carbons (Fsp3) is 0.500. The number of carbonyl (C=O) groups excluding carboxylic acids is 2. The lowest BCUT2D eigenvalue weighted by atomic mass is 10.1. The SMILES string of the molecule is COCC(=O)N1CCCC1c1nc2c(c(=O)[nH]1)CN(C(=O)c1ccc(C)s1)CC2. The molecule has 1 atom stereocenters. The topological polar surface area (TPSA) is 95.6 Å². The molecule has 2 aromatic heterocycles. The molecule has 4 rings (SSSR count). The van der Waals surface area contributed by atoms with Gasteiger partial charge in [-0.1, -0.05) is 0 Å². The largest absolute Gasteiger partial charge is 0.375 e. The molecule has 1 N–H and O–H groups in total. The first-order valence-corrected chi connectivity index (χ1v) is 10.6. The van der Waals surface area contributed by atoms with Crippen molar-refractivity contribution < 1.29 is 14.3 Å². The van der Waals surface area contributed by atoms with Crippen molar-refractivity contribution in [2.45, 2.75) is 38.8 Å². The van der Waals surface area contributed by atoms with E-state index < -0.39 is 0 Å². The number of amides is 2. The molecule has 2 amide bonds. The summed E-state index contributed by atoms with van der Waals surface area (Å²) in [5.41, 5.74) is 1.03. The van der Waals surface area contributed by atoms with Crippen LogP contribution in [-0.2, 0) is 22.5 Å². The average molecular weight is 417 g/mol. The lowest BCUT2D eigenvalue weighted by molar-refractivity contribution is -0.136. The number of nitrogens with one attached hydrogen (secondary N) is 1. The third-order valence-electron chi connectivity index (χ3n) is 5.48. The third kappa shape index (κ3) is 3.84. The highest BCUT2D eigenvalue weighted by Gasteiger charge is 2.33. The summed E-state index contributed by atoms with van der Waals surface area (Å²) < 4.78 is 4.97. The molecule has 9 heteroatoms. The van der Waals surface area contributed by atoms with E-state index in [0.29, 0.717) is 35.8 Å². The number of aryl methyl sites for hydroxylation is 1. The number of methoxy groups -OCH3 is 1. The molecule has 29 heavy (non-hydrogen) atoms. The van der Waals surface area contributed by atoms with Gasteiger partial charge in [0, 0.05) is 31.5 Å². The maximum atomic E-state index is 12.8. The highest BCUT2D eigenvalue weighted by atomic mass is 32.1. The van der Waals surface area contributed by atoms with Crippen LogP contribution in [0.3, 0.4) is 0 Å². The molecule has 2 aliphatic rings. The van der Waals surface area contributed by atoms with Crippen molar-refractivity contribution in [1.29, 1.82) is 0 Å². The number of fused-ring (bicyclic) bond motifs is 1. The van der Waals surface area contributed by atoms with E-state index in [4.69, 9.17) is 9.72 Å². The van der Waals surface area contributed by atoms with Crippen molar-refractivity contribution in [3.63, 3.8) is 0 Å². The minimum atomic E-state index is -0.232. The summed E-state index contributed by atoms with van der Waals surface area (Å²) in [5, 5.41) is 0. The van der Waals surface area contributed by atoms with Gasteiger partial charge in [0.05, 0.1) is 28.7 Å². The van der Waals surface area contributed by atoms with Gasteiger partial charge in [0.25, 0.3) is 11.5 Å². The Hall–Kier alpha value is -2.52. The zero-order chi connectivity index (χ0) is 20.5. The molecule has 4 heterocycles. The number of nitrogens with zero attached hydrogens (tertiary/aromatic N) is 3. The molecular weight excluding hydrogens is 392 g/mol. The molecule has 0 aliphatic carbocycles. The Bertz CT molecular complexity index is 999. The zero-order valence-corrected chi connectivity index (χ0v) is 17.4. The number of aromatic amines is 1. The maximum Gasteiger partial charge on any atom is 0.264 e. The third-order valence-corrected chi connectivity index (χ3v) is 6.47. The number of ether oxygens (including phenoxy) is 1. The molecule has 8 nitrogen and oxygen atoms in total. The zero-order valence-electron chi connectivity index (χ0n) is 16.6. The Balaban J connectivity index is 1.56. The summed E-state index contributed by atoms with van der Waals surface area (Å²) in [6.45, 7) is 3.40. The van der Waals surface area contributed by atoms with E-state index in [1.54, 1.807) is 9.80 Å².